The van der Waals surface area contributed by atoms with Crippen molar-refractivity contribution < 1.29 is 9.50 Å². The van der Waals surface area contributed by atoms with Gasteiger partial charge in [-0.15, -0.1) is 0 Å². The van der Waals surface area contributed by atoms with Gasteiger partial charge in [0.1, 0.15) is 5.82 Å². The van der Waals surface area contributed by atoms with Crippen molar-refractivity contribution >= 4 is 11.6 Å². The lowest BCUT2D eigenvalue weighted by atomic mass is 9.86. The molecule has 0 saturated heterocycles. The van der Waals surface area contributed by atoms with E-state index in [0.29, 0.717) is 24.4 Å². The van der Waals surface area contributed by atoms with E-state index >= 15 is 0 Å². The summed E-state index contributed by atoms with van der Waals surface area (Å²) in [7, 11) is 0. The molecule has 1 rings (SSSR count). The zero-order chi connectivity index (χ0) is 12.2. The normalized spacial score (nSPS) is 14.8. The van der Waals surface area contributed by atoms with Crippen LogP contribution in [0, 0.1) is 5.82 Å². The fourth-order valence-electron chi connectivity index (χ4n) is 1.91. The van der Waals surface area contributed by atoms with Crippen molar-refractivity contribution in [2.75, 3.05) is 6.54 Å². The van der Waals surface area contributed by atoms with Gasteiger partial charge in [-0.25, -0.2) is 4.39 Å². The van der Waals surface area contributed by atoms with Crippen LogP contribution in [0.3, 0.4) is 0 Å². The van der Waals surface area contributed by atoms with E-state index in [0.717, 1.165) is 6.42 Å². The Bertz CT molecular complexity index is 351. The van der Waals surface area contributed by atoms with Gasteiger partial charge < -0.3 is 10.8 Å². The summed E-state index contributed by atoms with van der Waals surface area (Å²) in [5.41, 5.74) is 4.55. The third-order valence-electron chi connectivity index (χ3n) is 2.65. The molecule has 0 spiro atoms. The molecule has 0 radical (unpaired) electrons. The second kappa shape index (κ2) is 5.62. The molecule has 0 heterocycles. The maximum Gasteiger partial charge on any atom is 0.130 e. The summed E-state index contributed by atoms with van der Waals surface area (Å²) in [4.78, 5) is 0. The Morgan fingerprint density at radius 1 is 1.44 bits per heavy atom. The Morgan fingerprint density at radius 2 is 2.12 bits per heavy atom. The average molecular weight is 246 g/mol. The smallest absolute Gasteiger partial charge is 0.130 e. The van der Waals surface area contributed by atoms with Crippen LogP contribution >= 0.6 is 11.6 Å². The standard InChI is InChI=1S/C12H17ClFNO/c1-2-5-12(16,6-7-15)10-4-3-9(13)8-11(10)14/h3-4,8,16H,2,5-7,15H2,1H3. The van der Waals surface area contributed by atoms with Crippen molar-refractivity contribution in [3.05, 3.63) is 34.6 Å². The summed E-state index contributed by atoms with van der Waals surface area (Å²) in [6.45, 7) is 2.26. The number of aliphatic hydroxyl groups is 1. The zero-order valence-electron chi connectivity index (χ0n) is 9.34. The first-order valence-electron chi connectivity index (χ1n) is 5.41. The molecule has 0 aromatic heterocycles. The van der Waals surface area contributed by atoms with E-state index in [4.69, 9.17) is 17.3 Å². The first-order valence-corrected chi connectivity index (χ1v) is 5.79. The van der Waals surface area contributed by atoms with Gasteiger partial charge in [-0.3, -0.25) is 0 Å². The van der Waals surface area contributed by atoms with Crippen molar-refractivity contribution in [3.8, 4) is 0 Å². The van der Waals surface area contributed by atoms with E-state index in [2.05, 4.69) is 0 Å². The van der Waals surface area contributed by atoms with E-state index in [9.17, 15) is 9.50 Å². The van der Waals surface area contributed by atoms with Crippen molar-refractivity contribution in [3.63, 3.8) is 0 Å². The van der Waals surface area contributed by atoms with Crippen LogP contribution in [-0.4, -0.2) is 11.7 Å². The lowest BCUT2D eigenvalue weighted by Crippen LogP contribution is -2.29. The quantitative estimate of drug-likeness (QED) is 0.838. The van der Waals surface area contributed by atoms with Crippen LogP contribution in [0.2, 0.25) is 5.02 Å². The molecule has 2 nitrogen and oxygen atoms in total. The summed E-state index contributed by atoms with van der Waals surface area (Å²) in [5.74, 6) is -0.475. The lowest BCUT2D eigenvalue weighted by molar-refractivity contribution is 0.0168. The molecule has 1 atom stereocenters. The van der Waals surface area contributed by atoms with Crippen LogP contribution in [0.25, 0.3) is 0 Å². The molecule has 0 amide bonds. The SMILES string of the molecule is CCCC(O)(CCN)c1ccc(Cl)cc1F. The molecule has 0 aliphatic carbocycles. The highest BCUT2D eigenvalue weighted by Gasteiger charge is 2.30. The molecule has 90 valence electrons. The molecule has 0 fully saturated rings. The summed E-state index contributed by atoms with van der Waals surface area (Å²) in [6.07, 6.45) is 1.60. The van der Waals surface area contributed by atoms with Crippen LogP contribution in [0.15, 0.2) is 18.2 Å². The molecule has 1 unspecified atom stereocenters. The van der Waals surface area contributed by atoms with Crippen molar-refractivity contribution in [1.82, 2.24) is 0 Å². The second-order valence-corrected chi connectivity index (χ2v) is 4.38. The molecule has 0 bridgehead atoms. The third-order valence-corrected chi connectivity index (χ3v) is 2.89. The Kier molecular flexibility index (Phi) is 4.71. The van der Waals surface area contributed by atoms with Crippen molar-refractivity contribution in [2.45, 2.75) is 31.8 Å². The number of benzene rings is 1. The molecule has 0 saturated carbocycles. The fourth-order valence-corrected chi connectivity index (χ4v) is 2.07. The number of halogens is 2. The third kappa shape index (κ3) is 2.94. The average Bonchev–Trinajstić information content (AvgIpc) is 2.17. The highest BCUT2D eigenvalue weighted by molar-refractivity contribution is 6.30. The Balaban J connectivity index is 3.10. The Hall–Kier alpha value is -0.640. The minimum atomic E-state index is -1.18. The molecule has 0 aliphatic heterocycles. The summed E-state index contributed by atoms with van der Waals surface area (Å²) < 4.78 is 13.7. The Morgan fingerprint density at radius 3 is 2.62 bits per heavy atom. The van der Waals surface area contributed by atoms with Gasteiger partial charge in [0.25, 0.3) is 0 Å². The number of nitrogens with two attached hydrogens (primary N) is 1. The minimum absolute atomic E-state index is 0.282. The number of hydrogen-bond acceptors (Lipinski definition) is 2. The van der Waals surface area contributed by atoms with Crippen LogP contribution in [0.5, 0.6) is 0 Å². The predicted molar refractivity (Wildman–Crippen MR) is 63.9 cm³/mol. The van der Waals surface area contributed by atoms with Crippen LogP contribution in [0.4, 0.5) is 4.39 Å². The van der Waals surface area contributed by atoms with Gasteiger partial charge in [0, 0.05) is 10.6 Å². The fraction of sp³-hybridized carbons (Fsp3) is 0.500. The molecular formula is C12H17ClFNO. The molecule has 4 heteroatoms. The van der Waals surface area contributed by atoms with Gasteiger partial charge in [-0.1, -0.05) is 31.0 Å². The van der Waals surface area contributed by atoms with Crippen LogP contribution in [0.1, 0.15) is 31.7 Å². The molecular weight excluding hydrogens is 229 g/mol. The predicted octanol–water partition coefficient (Wildman–Crippen LogP) is 2.82. The van der Waals surface area contributed by atoms with Gasteiger partial charge in [-0.2, -0.15) is 0 Å². The van der Waals surface area contributed by atoms with Gasteiger partial charge >= 0.3 is 0 Å². The topological polar surface area (TPSA) is 46.2 Å². The summed E-state index contributed by atoms with van der Waals surface area (Å²) in [5, 5.41) is 10.7. The zero-order valence-corrected chi connectivity index (χ0v) is 10.1. The lowest BCUT2D eigenvalue weighted by Gasteiger charge is -2.28. The van der Waals surface area contributed by atoms with Gasteiger partial charge in [0.2, 0.25) is 0 Å². The monoisotopic (exact) mass is 245 g/mol. The van der Waals surface area contributed by atoms with Crippen LogP contribution in [-0.2, 0) is 5.60 Å². The van der Waals surface area contributed by atoms with Gasteiger partial charge in [0.15, 0.2) is 0 Å². The van der Waals surface area contributed by atoms with Crippen molar-refractivity contribution in [2.24, 2.45) is 5.73 Å². The largest absolute Gasteiger partial charge is 0.385 e. The molecule has 16 heavy (non-hydrogen) atoms. The first kappa shape index (κ1) is 13.4. The molecule has 0 aliphatic rings. The van der Waals surface area contributed by atoms with E-state index in [1.165, 1.54) is 12.1 Å². The van der Waals surface area contributed by atoms with Gasteiger partial charge in [-0.05, 0) is 31.5 Å². The second-order valence-electron chi connectivity index (χ2n) is 3.94. The number of rotatable bonds is 5. The first-order chi connectivity index (χ1) is 7.53. The van der Waals surface area contributed by atoms with E-state index in [-0.39, 0.29) is 5.56 Å². The van der Waals surface area contributed by atoms with Gasteiger partial charge in [0.05, 0.1) is 5.60 Å². The van der Waals surface area contributed by atoms with Crippen molar-refractivity contribution in [1.29, 1.82) is 0 Å². The molecule has 1 aromatic carbocycles. The highest BCUT2D eigenvalue weighted by atomic mass is 35.5. The molecule has 1 aromatic rings. The van der Waals surface area contributed by atoms with E-state index in [1.807, 2.05) is 6.92 Å². The maximum absolute atomic E-state index is 13.7. The maximum atomic E-state index is 13.7. The highest BCUT2D eigenvalue weighted by Crippen LogP contribution is 2.32. The summed E-state index contributed by atoms with van der Waals surface area (Å²) >= 11 is 5.67. The Labute approximate surface area is 100 Å². The van der Waals surface area contributed by atoms with E-state index < -0.39 is 11.4 Å². The van der Waals surface area contributed by atoms with E-state index in [1.54, 1.807) is 6.07 Å². The number of hydrogen-bond donors (Lipinski definition) is 2. The molecule has 3 N–H and O–H groups in total. The minimum Gasteiger partial charge on any atom is -0.385 e. The van der Waals surface area contributed by atoms with Crippen LogP contribution < -0.4 is 5.73 Å². The summed E-state index contributed by atoms with van der Waals surface area (Å²) in [6, 6.07) is 4.33.